The maximum atomic E-state index is 12.6. The van der Waals surface area contributed by atoms with Gasteiger partial charge in [0, 0.05) is 30.2 Å². The first-order chi connectivity index (χ1) is 13.3. The highest BCUT2D eigenvalue weighted by Gasteiger charge is 2.31. The number of ether oxygens (including phenoxy) is 1. The Kier molecular flexibility index (Phi) is 6.51. The number of hydrogen-bond acceptors (Lipinski definition) is 5. The van der Waals surface area contributed by atoms with E-state index in [0.29, 0.717) is 24.4 Å². The van der Waals surface area contributed by atoms with E-state index in [1.165, 1.54) is 10.6 Å². The molecule has 1 N–H and O–H groups in total. The van der Waals surface area contributed by atoms with Crippen molar-refractivity contribution in [3.05, 3.63) is 54.1 Å². The van der Waals surface area contributed by atoms with Crippen LogP contribution < -0.4 is 14.4 Å². The van der Waals surface area contributed by atoms with Gasteiger partial charge in [-0.25, -0.2) is 8.42 Å². The summed E-state index contributed by atoms with van der Waals surface area (Å²) in [6.45, 7) is 2.60. The first-order valence-electron chi connectivity index (χ1n) is 9.05. The van der Waals surface area contributed by atoms with E-state index in [2.05, 4.69) is 5.32 Å². The number of carbonyl (C=O) groups excluding carboxylic acids is 1. The molecule has 1 aliphatic heterocycles. The van der Waals surface area contributed by atoms with Gasteiger partial charge in [-0.3, -0.25) is 9.10 Å². The van der Waals surface area contributed by atoms with E-state index in [9.17, 15) is 13.2 Å². The number of aryl methyl sites for hydroxylation is 1. The van der Waals surface area contributed by atoms with E-state index in [1.54, 1.807) is 23.9 Å². The molecule has 1 unspecified atom stereocenters. The molecule has 1 amide bonds. The fraction of sp³-hybridized carbons (Fsp3) is 0.350. The minimum atomic E-state index is -3.46. The average Bonchev–Trinajstić information content (AvgIpc) is 2.85. The van der Waals surface area contributed by atoms with Crippen molar-refractivity contribution in [2.75, 3.05) is 29.4 Å². The van der Waals surface area contributed by atoms with Gasteiger partial charge in [-0.1, -0.05) is 24.3 Å². The van der Waals surface area contributed by atoms with Crippen molar-refractivity contribution in [2.45, 2.75) is 24.3 Å². The van der Waals surface area contributed by atoms with Crippen molar-refractivity contribution in [1.29, 1.82) is 0 Å². The molecule has 0 aromatic heterocycles. The smallest absolute Gasteiger partial charge is 0.261 e. The van der Waals surface area contributed by atoms with Crippen molar-refractivity contribution < 1.29 is 17.9 Å². The number of amides is 1. The third-order valence-electron chi connectivity index (χ3n) is 4.35. The van der Waals surface area contributed by atoms with Gasteiger partial charge >= 0.3 is 0 Å². The van der Waals surface area contributed by atoms with E-state index in [0.717, 1.165) is 16.2 Å². The van der Waals surface area contributed by atoms with E-state index in [-0.39, 0.29) is 12.5 Å². The van der Waals surface area contributed by atoms with E-state index >= 15 is 0 Å². The predicted octanol–water partition coefficient (Wildman–Crippen LogP) is 2.82. The second-order valence-corrected chi connectivity index (χ2v) is 9.73. The summed E-state index contributed by atoms with van der Waals surface area (Å²) < 4.78 is 31.6. The summed E-state index contributed by atoms with van der Waals surface area (Å²) in [6, 6.07) is 15.3. The Morgan fingerprint density at radius 2 is 2.00 bits per heavy atom. The van der Waals surface area contributed by atoms with Crippen molar-refractivity contribution in [2.24, 2.45) is 0 Å². The van der Waals surface area contributed by atoms with Gasteiger partial charge in [-0.15, -0.1) is 11.8 Å². The topological polar surface area (TPSA) is 75.7 Å². The standard InChI is InChI=1S/C20H24N2O4S2/c1-15-8-9-18-17(14-15)22(28(2,24)25)12-10-19(26-18)20(23)21-11-13-27-16-6-4-3-5-7-16/h3-9,14,19H,10-13H2,1-2H3,(H,21,23). The molecule has 1 aliphatic rings. The van der Waals surface area contributed by atoms with Crippen LogP contribution in [0.4, 0.5) is 5.69 Å². The van der Waals surface area contributed by atoms with Crippen LogP contribution in [0.5, 0.6) is 5.75 Å². The highest BCUT2D eigenvalue weighted by Crippen LogP contribution is 2.35. The van der Waals surface area contributed by atoms with Crippen LogP contribution in [0, 0.1) is 6.92 Å². The molecule has 28 heavy (non-hydrogen) atoms. The maximum absolute atomic E-state index is 12.6. The third-order valence-corrected chi connectivity index (χ3v) is 6.55. The van der Waals surface area contributed by atoms with Crippen LogP contribution in [0.3, 0.4) is 0 Å². The lowest BCUT2D eigenvalue weighted by atomic mass is 10.2. The quantitative estimate of drug-likeness (QED) is 0.575. The third kappa shape index (κ3) is 5.20. The number of benzene rings is 2. The van der Waals surface area contributed by atoms with Crippen LogP contribution in [-0.4, -0.2) is 45.5 Å². The lowest BCUT2D eigenvalue weighted by molar-refractivity contribution is -0.127. The Labute approximate surface area is 170 Å². The van der Waals surface area contributed by atoms with Crippen molar-refractivity contribution in [3.8, 4) is 5.75 Å². The van der Waals surface area contributed by atoms with Gasteiger partial charge in [-0.2, -0.15) is 0 Å². The minimum Gasteiger partial charge on any atom is -0.478 e. The fourth-order valence-electron chi connectivity index (χ4n) is 2.99. The SMILES string of the molecule is Cc1ccc2c(c1)N(S(C)(=O)=O)CCC(C(=O)NCCSc1ccccc1)O2. The molecular weight excluding hydrogens is 396 g/mol. The number of sulfonamides is 1. The number of anilines is 1. The number of carbonyl (C=O) groups is 1. The highest BCUT2D eigenvalue weighted by molar-refractivity contribution is 7.99. The number of hydrogen-bond donors (Lipinski definition) is 1. The summed E-state index contributed by atoms with van der Waals surface area (Å²) in [4.78, 5) is 13.7. The zero-order valence-corrected chi connectivity index (χ0v) is 17.6. The highest BCUT2D eigenvalue weighted by atomic mass is 32.2. The Morgan fingerprint density at radius 3 is 2.71 bits per heavy atom. The molecule has 3 rings (SSSR count). The Hall–Kier alpha value is -2.19. The fourth-order valence-corrected chi connectivity index (χ4v) is 4.72. The molecule has 0 radical (unpaired) electrons. The molecule has 2 aromatic carbocycles. The molecule has 0 saturated carbocycles. The summed E-state index contributed by atoms with van der Waals surface area (Å²) in [5, 5.41) is 2.89. The second kappa shape index (κ2) is 8.87. The monoisotopic (exact) mass is 420 g/mol. The van der Waals surface area contributed by atoms with E-state index in [4.69, 9.17) is 4.74 Å². The molecule has 0 spiro atoms. The second-order valence-electron chi connectivity index (χ2n) is 6.65. The summed E-state index contributed by atoms with van der Waals surface area (Å²) in [5.41, 5.74) is 1.41. The summed E-state index contributed by atoms with van der Waals surface area (Å²) >= 11 is 1.66. The normalized spacial score (nSPS) is 16.6. The van der Waals surface area contributed by atoms with Crippen LogP contribution in [0.15, 0.2) is 53.4 Å². The summed E-state index contributed by atoms with van der Waals surface area (Å²) in [7, 11) is -3.46. The van der Waals surface area contributed by atoms with Crippen LogP contribution >= 0.6 is 11.8 Å². The van der Waals surface area contributed by atoms with Crippen molar-refractivity contribution >= 4 is 33.4 Å². The van der Waals surface area contributed by atoms with Gasteiger partial charge in [0.25, 0.3) is 5.91 Å². The van der Waals surface area contributed by atoms with Gasteiger partial charge in [-0.05, 0) is 36.8 Å². The average molecular weight is 421 g/mol. The molecule has 8 heteroatoms. The molecule has 2 aromatic rings. The number of rotatable bonds is 6. The Morgan fingerprint density at radius 1 is 1.25 bits per heavy atom. The van der Waals surface area contributed by atoms with Gasteiger partial charge < -0.3 is 10.1 Å². The van der Waals surface area contributed by atoms with E-state index in [1.807, 2.05) is 43.3 Å². The Bertz CT molecular complexity index is 932. The lowest BCUT2D eigenvalue weighted by Crippen LogP contribution is -2.40. The van der Waals surface area contributed by atoms with Crippen LogP contribution in [0.25, 0.3) is 0 Å². The van der Waals surface area contributed by atoms with Crippen LogP contribution in [-0.2, 0) is 14.8 Å². The molecule has 6 nitrogen and oxygen atoms in total. The number of nitrogens with one attached hydrogen (secondary N) is 1. The van der Waals surface area contributed by atoms with Gasteiger partial charge in [0.05, 0.1) is 11.9 Å². The van der Waals surface area contributed by atoms with Crippen molar-refractivity contribution in [3.63, 3.8) is 0 Å². The van der Waals surface area contributed by atoms with Crippen LogP contribution in [0.1, 0.15) is 12.0 Å². The van der Waals surface area contributed by atoms with Gasteiger partial charge in [0.1, 0.15) is 5.75 Å². The molecule has 1 atom stereocenters. The first-order valence-corrected chi connectivity index (χ1v) is 11.9. The zero-order valence-electron chi connectivity index (χ0n) is 15.9. The Balaban J connectivity index is 1.63. The number of thioether (sulfide) groups is 1. The molecule has 1 heterocycles. The molecule has 0 bridgehead atoms. The predicted molar refractivity (Wildman–Crippen MR) is 113 cm³/mol. The molecule has 0 aliphatic carbocycles. The zero-order chi connectivity index (χ0) is 20.1. The summed E-state index contributed by atoms with van der Waals surface area (Å²) in [5.74, 6) is 0.927. The van der Waals surface area contributed by atoms with Gasteiger partial charge in [0.15, 0.2) is 6.10 Å². The molecule has 0 saturated heterocycles. The summed E-state index contributed by atoms with van der Waals surface area (Å²) in [6.07, 6.45) is 0.730. The molecule has 150 valence electrons. The molecule has 0 fully saturated rings. The lowest BCUT2D eigenvalue weighted by Gasteiger charge is -2.21. The molecular formula is C20H24N2O4S2. The van der Waals surface area contributed by atoms with Gasteiger partial charge in [0.2, 0.25) is 10.0 Å². The number of fused-ring (bicyclic) bond motifs is 1. The van der Waals surface area contributed by atoms with Crippen LogP contribution in [0.2, 0.25) is 0 Å². The van der Waals surface area contributed by atoms with Crippen molar-refractivity contribution in [1.82, 2.24) is 5.32 Å². The largest absolute Gasteiger partial charge is 0.478 e. The number of nitrogens with zero attached hydrogens (tertiary/aromatic N) is 1. The minimum absolute atomic E-state index is 0.201. The maximum Gasteiger partial charge on any atom is 0.261 e. The van der Waals surface area contributed by atoms with E-state index < -0.39 is 16.1 Å². The first kappa shape index (κ1) is 20.5.